The van der Waals surface area contributed by atoms with Crippen molar-refractivity contribution < 1.29 is 14.3 Å². The number of carbonyl (C=O) groups excluding carboxylic acids is 2. The zero-order valence-electron chi connectivity index (χ0n) is 16.0. The summed E-state index contributed by atoms with van der Waals surface area (Å²) in [7, 11) is 1.74. The molecule has 0 saturated heterocycles. The van der Waals surface area contributed by atoms with Crippen LogP contribution in [0.25, 0.3) is 6.08 Å². The maximum absolute atomic E-state index is 12.8. The molecule has 0 saturated carbocycles. The van der Waals surface area contributed by atoms with Crippen LogP contribution in [0.4, 0.5) is 0 Å². The standard InChI is InChI=1S/C22H23ClN2O3/c1-16(26)25-11-10-17-6-3-4-9-20(17)21(25)15-22(27)24(2)12-13-28-19-8-5-7-18(23)14-19/h3-11,14,21H,12-13,15H2,1-2H3. The van der Waals surface area contributed by atoms with Crippen LogP contribution in [-0.2, 0) is 9.59 Å². The molecule has 2 aromatic rings. The number of rotatable bonds is 6. The second-order valence-electron chi connectivity index (χ2n) is 6.71. The lowest BCUT2D eigenvalue weighted by Gasteiger charge is -2.33. The number of ether oxygens (including phenoxy) is 1. The summed E-state index contributed by atoms with van der Waals surface area (Å²) < 4.78 is 5.66. The molecule has 6 heteroatoms. The van der Waals surface area contributed by atoms with Crippen LogP contribution in [0, 0.1) is 0 Å². The van der Waals surface area contributed by atoms with Crippen molar-refractivity contribution >= 4 is 29.5 Å². The van der Waals surface area contributed by atoms with E-state index in [0.717, 1.165) is 11.1 Å². The van der Waals surface area contributed by atoms with Gasteiger partial charge in [0.1, 0.15) is 12.4 Å². The Morgan fingerprint density at radius 2 is 1.96 bits per heavy atom. The molecule has 0 fully saturated rings. The van der Waals surface area contributed by atoms with Crippen LogP contribution < -0.4 is 4.74 Å². The van der Waals surface area contributed by atoms with Gasteiger partial charge in [-0.3, -0.25) is 9.59 Å². The quantitative estimate of drug-likeness (QED) is 0.734. The number of hydrogen-bond acceptors (Lipinski definition) is 3. The van der Waals surface area contributed by atoms with Crippen molar-refractivity contribution in [3.63, 3.8) is 0 Å². The molecule has 1 atom stereocenters. The van der Waals surface area contributed by atoms with E-state index in [9.17, 15) is 9.59 Å². The second-order valence-corrected chi connectivity index (χ2v) is 7.15. The summed E-state index contributed by atoms with van der Waals surface area (Å²) in [5, 5.41) is 0.607. The second kappa shape index (κ2) is 8.93. The highest BCUT2D eigenvalue weighted by molar-refractivity contribution is 6.30. The van der Waals surface area contributed by atoms with Gasteiger partial charge in [-0.05, 0) is 35.4 Å². The van der Waals surface area contributed by atoms with E-state index in [2.05, 4.69) is 0 Å². The van der Waals surface area contributed by atoms with Crippen molar-refractivity contribution in [1.82, 2.24) is 9.80 Å². The third-order valence-electron chi connectivity index (χ3n) is 4.75. The van der Waals surface area contributed by atoms with E-state index >= 15 is 0 Å². The SMILES string of the molecule is CC(=O)N1C=Cc2ccccc2C1CC(=O)N(C)CCOc1cccc(Cl)c1. The number of fused-ring (bicyclic) bond motifs is 1. The molecule has 5 nitrogen and oxygen atoms in total. The molecule has 0 spiro atoms. The van der Waals surface area contributed by atoms with Crippen LogP contribution in [0.2, 0.25) is 5.02 Å². The fraction of sp³-hybridized carbons (Fsp3) is 0.273. The molecule has 2 aromatic carbocycles. The Kier molecular flexibility index (Phi) is 6.37. The van der Waals surface area contributed by atoms with Gasteiger partial charge in [0.25, 0.3) is 0 Å². The van der Waals surface area contributed by atoms with Gasteiger partial charge in [-0.1, -0.05) is 41.9 Å². The molecule has 3 rings (SSSR count). The number of amides is 2. The molecule has 0 bridgehead atoms. The van der Waals surface area contributed by atoms with E-state index in [1.54, 1.807) is 35.2 Å². The molecule has 146 valence electrons. The van der Waals surface area contributed by atoms with Crippen LogP contribution in [0.15, 0.2) is 54.7 Å². The summed E-state index contributed by atoms with van der Waals surface area (Å²) in [6.45, 7) is 2.31. The minimum Gasteiger partial charge on any atom is -0.492 e. The summed E-state index contributed by atoms with van der Waals surface area (Å²) in [4.78, 5) is 28.1. The van der Waals surface area contributed by atoms with Crippen LogP contribution in [0.3, 0.4) is 0 Å². The lowest BCUT2D eigenvalue weighted by molar-refractivity contribution is -0.134. The third kappa shape index (κ3) is 4.73. The molecule has 1 unspecified atom stereocenters. The van der Waals surface area contributed by atoms with Crippen molar-refractivity contribution in [3.8, 4) is 5.75 Å². The van der Waals surface area contributed by atoms with E-state index in [4.69, 9.17) is 16.3 Å². The van der Waals surface area contributed by atoms with E-state index in [1.165, 1.54) is 6.92 Å². The van der Waals surface area contributed by atoms with Crippen LogP contribution in [0.1, 0.15) is 30.5 Å². The molecular weight excluding hydrogens is 376 g/mol. The number of hydrogen-bond donors (Lipinski definition) is 0. The molecule has 1 aliphatic heterocycles. The monoisotopic (exact) mass is 398 g/mol. The Hall–Kier alpha value is -2.79. The summed E-state index contributed by atoms with van der Waals surface area (Å²) >= 11 is 5.94. The lowest BCUT2D eigenvalue weighted by atomic mass is 9.93. The number of carbonyl (C=O) groups is 2. The molecular formula is C22H23ClN2O3. The maximum atomic E-state index is 12.8. The zero-order chi connectivity index (χ0) is 20.1. The Morgan fingerprint density at radius 3 is 2.71 bits per heavy atom. The lowest BCUT2D eigenvalue weighted by Crippen LogP contribution is -2.37. The van der Waals surface area contributed by atoms with Gasteiger partial charge in [0, 0.05) is 25.2 Å². The highest BCUT2D eigenvalue weighted by atomic mass is 35.5. The van der Waals surface area contributed by atoms with Crippen molar-refractivity contribution in [2.24, 2.45) is 0 Å². The molecule has 2 amide bonds. The highest BCUT2D eigenvalue weighted by Gasteiger charge is 2.29. The van der Waals surface area contributed by atoms with Crippen LogP contribution in [0.5, 0.6) is 5.75 Å². The molecule has 1 aliphatic rings. The zero-order valence-corrected chi connectivity index (χ0v) is 16.7. The van der Waals surface area contributed by atoms with Gasteiger partial charge >= 0.3 is 0 Å². The largest absolute Gasteiger partial charge is 0.492 e. The Labute approximate surface area is 170 Å². The molecule has 28 heavy (non-hydrogen) atoms. The van der Waals surface area contributed by atoms with Gasteiger partial charge in [-0.15, -0.1) is 0 Å². The number of nitrogens with zero attached hydrogens (tertiary/aromatic N) is 2. The van der Waals surface area contributed by atoms with Gasteiger partial charge in [0.05, 0.1) is 19.0 Å². The normalized spacial score (nSPS) is 15.1. The Morgan fingerprint density at radius 1 is 1.18 bits per heavy atom. The molecule has 1 heterocycles. The average molecular weight is 399 g/mol. The average Bonchev–Trinajstić information content (AvgIpc) is 2.68. The van der Waals surface area contributed by atoms with E-state index in [0.29, 0.717) is 23.9 Å². The van der Waals surface area contributed by atoms with Crippen LogP contribution in [-0.4, -0.2) is 41.8 Å². The molecule has 0 aliphatic carbocycles. The van der Waals surface area contributed by atoms with Crippen LogP contribution >= 0.6 is 11.6 Å². The van der Waals surface area contributed by atoms with Gasteiger partial charge in [-0.2, -0.15) is 0 Å². The van der Waals surface area contributed by atoms with Crippen molar-refractivity contribution in [2.45, 2.75) is 19.4 Å². The predicted molar refractivity (Wildman–Crippen MR) is 110 cm³/mol. The van der Waals surface area contributed by atoms with Crippen molar-refractivity contribution in [2.75, 3.05) is 20.2 Å². The van der Waals surface area contributed by atoms with Crippen molar-refractivity contribution in [1.29, 1.82) is 0 Å². The first-order chi connectivity index (χ1) is 13.5. The first-order valence-electron chi connectivity index (χ1n) is 9.14. The smallest absolute Gasteiger partial charge is 0.224 e. The first kappa shape index (κ1) is 20.0. The predicted octanol–water partition coefficient (Wildman–Crippen LogP) is 4.14. The van der Waals surface area contributed by atoms with E-state index in [-0.39, 0.29) is 24.3 Å². The summed E-state index contributed by atoms with van der Waals surface area (Å²) in [5.41, 5.74) is 2.02. The molecule has 0 aromatic heterocycles. The molecule has 0 radical (unpaired) electrons. The fourth-order valence-electron chi connectivity index (χ4n) is 3.22. The Bertz CT molecular complexity index is 897. The minimum absolute atomic E-state index is 0.0453. The van der Waals surface area contributed by atoms with Gasteiger partial charge in [0.15, 0.2) is 0 Å². The molecule has 0 N–H and O–H groups in total. The van der Waals surface area contributed by atoms with E-state index in [1.807, 2.05) is 42.5 Å². The summed E-state index contributed by atoms with van der Waals surface area (Å²) in [5.74, 6) is 0.536. The van der Waals surface area contributed by atoms with Crippen molar-refractivity contribution in [3.05, 3.63) is 70.9 Å². The van der Waals surface area contributed by atoms with Gasteiger partial charge in [0.2, 0.25) is 11.8 Å². The Balaban J connectivity index is 1.62. The minimum atomic E-state index is -0.303. The van der Waals surface area contributed by atoms with Gasteiger partial charge in [-0.25, -0.2) is 0 Å². The summed E-state index contributed by atoms with van der Waals surface area (Å²) in [6.07, 6.45) is 3.87. The third-order valence-corrected chi connectivity index (χ3v) is 4.99. The first-order valence-corrected chi connectivity index (χ1v) is 9.52. The summed E-state index contributed by atoms with van der Waals surface area (Å²) in [6, 6.07) is 14.7. The number of likely N-dealkylation sites (N-methyl/N-ethyl adjacent to an activating group) is 1. The topological polar surface area (TPSA) is 49.9 Å². The van der Waals surface area contributed by atoms with E-state index < -0.39 is 0 Å². The number of benzene rings is 2. The highest BCUT2D eigenvalue weighted by Crippen LogP contribution is 2.33. The van der Waals surface area contributed by atoms with Gasteiger partial charge < -0.3 is 14.5 Å². The fourth-order valence-corrected chi connectivity index (χ4v) is 3.40. The number of halogens is 1. The maximum Gasteiger partial charge on any atom is 0.224 e.